The number of benzene rings is 1. The molecule has 3 N–H and O–H groups in total. The molecule has 0 spiro atoms. The SMILES string of the molecule is CCn1cc(NC(=O)C(F)(F)Cc2noc(-c3ccc(O)cc3)c2Cl)c(C(=O)O)c1.[KH]. The van der Waals surface area contributed by atoms with Crippen molar-refractivity contribution in [2.24, 2.45) is 0 Å². The molecule has 1 amide bonds. The third kappa shape index (κ3) is 5.73. The molecular weight excluding hydrogens is 463 g/mol. The van der Waals surface area contributed by atoms with Crippen molar-refractivity contribution in [1.29, 1.82) is 0 Å². The van der Waals surface area contributed by atoms with Gasteiger partial charge in [-0.25, -0.2) is 4.79 Å². The number of carboxylic acid groups (broad SMARTS) is 1. The number of anilines is 1. The van der Waals surface area contributed by atoms with Crippen molar-refractivity contribution in [3.8, 4) is 17.1 Å². The number of carbonyl (C=O) groups excluding carboxylic acids is 1. The average Bonchev–Trinajstić information content (AvgIpc) is 3.26. The van der Waals surface area contributed by atoms with E-state index in [4.69, 9.17) is 16.1 Å². The van der Waals surface area contributed by atoms with E-state index >= 15 is 0 Å². The summed E-state index contributed by atoms with van der Waals surface area (Å²) >= 11 is 6.09. The van der Waals surface area contributed by atoms with Gasteiger partial charge < -0.3 is 24.6 Å². The fourth-order valence-electron chi connectivity index (χ4n) is 2.68. The summed E-state index contributed by atoms with van der Waals surface area (Å²) in [6, 6.07) is 5.64. The first-order valence-electron chi connectivity index (χ1n) is 8.68. The van der Waals surface area contributed by atoms with Gasteiger partial charge in [0, 0.05) is 24.5 Å². The topological polar surface area (TPSA) is 118 Å². The van der Waals surface area contributed by atoms with Crippen LogP contribution in [0.2, 0.25) is 5.02 Å². The number of nitrogens with one attached hydrogen (secondary N) is 1. The summed E-state index contributed by atoms with van der Waals surface area (Å²) in [4.78, 5) is 23.4. The number of carbonyl (C=O) groups is 2. The van der Waals surface area contributed by atoms with Crippen molar-refractivity contribution in [1.82, 2.24) is 9.72 Å². The van der Waals surface area contributed by atoms with E-state index in [0.717, 1.165) is 0 Å². The van der Waals surface area contributed by atoms with Gasteiger partial charge in [0.2, 0.25) is 0 Å². The van der Waals surface area contributed by atoms with Gasteiger partial charge in [0.25, 0.3) is 5.91 Å². The number of hydrogen-bond donors (Lipinski definition) is 3. The molecule has 0 bridgehead atoms. The number of halogens is 3. The van der Waals surface area contributed by atoms with Crippen LogP contribution in [0.15, 0.2) is 41.2 Å². The van der Waals surface area contributed by atoms with E-state index in [0.29, 0.717) is 12.1 Å². The second-order valence-electron chi connectivity index (χ2n) is 6.38. The summed E-state index contributed by atoms with van der Waals surface area (Å²) in [5, 5.41) is 23.8. The Morgan fingerprint density at radius 1 is 1.26 bits per heavy atom. The van der Waals surface area contributed by atoms with Crippen LogP contribution in [0.4, 0.5) is 14.5 Å². The summed E-state index contributed by atoms with van der Waals surface area (Å²) in [5.74, 6) is -7.01. The third-order valence-electron chi connectivity index (χ3n) is 4.27. The molecule has 0 aliphatic heterocycles. The van der Waals surface area contributed by atoms with Crippen molar-refractivity contribution >= 4 is 80.5 Å². The maximum absolute atomic E-state index is 14.5. The number of nitrogens with zero attached hydrogens (tertiary/aromatic N) is 2. The molecule has 0 aliphatic rings. The zero-order valence-corrected chi connectivity index (χ0v) is 16.3. The van der Waals surface area contributed by atoms with Crippen LogP contribution in [0.1, 0.15) is 23.0 Å². The molecule has 31 heavy (non-hydrogen) atoms. The molecule has 2 aromatic heterocycles. The van der Waals surface area contributed by atoms with E-state index in [9.17, 15) is 28.6 Å². The van der Waals surface area contributed by atoms with Gasteiger partial charge in [0.05, 0.1) is 12.1 Å². The molecular formula is C19H17ClF2KN3O5. The minimum atomic E-state index is -3.95. The predicted octanol–water partition coefficient (Wildman–Crippen LogP) is 3.39. The van der Waals surface area contributed by atoms with Crippen molar-refractivity contribution in [2.75, 3.05) is 5.32 Å². The normalized spacial score (nSPS) is 11.1. The Morgan fingerprint density at radius 3 is 2.48 bits per heavy atom. The number of aromatic carboxylic acids is 1. The van der Waals surface area contributed by atoms with Gasteiger partial charge in [0.15, 0.2) is 5.76 Å². The number of phenols is 1. The van der Waals surface area contributed by atoms with Crippen LogP contribution in [0.3, 0.4) is 0 Å². The second-order valence-corrected chi connectivity index (χ2v) is 6.75. The first-order valence-corrected chi connectivity index (χ1v) is 9.06. The molecule has 8 nitrogen and oxygen atoms in total. The van der Waals surface area contributed by atoms with E-state index in [1.807, 2.05) is 5.32 Å². The zero-order chi connectivity index (χ0) is 22.1. The molecule has 0 unspecified atom stereocenters. The molecule has 12 heteroatoms. The maximum atomic E-state index is 14.5. The van der Waals surface area contributed by atoms with E-state index in [1.54, 1.807) is 6.92 Å². The standard InChI is InChI=1S/C19H16ClF2N3O5.K.H/c1-2-25-8-12(17(27)28)14(9-25)23-18(29)19(21,22)7-13-15(20)16(30-24-13)10-3-5-11(26)6-4-10;;/h3-6,8-9,26H,2,7H2,1H3,(H,23,29)(H,27,28);;. The van der Waals surface area contributed by atoms with Gasteiger partial charge in [-0.15, -0.1) is 0 Å². The van der Waals surface area contributed by atoms with E-state index in [-0.39, 0.29) is 84.9 Å². The number of rotatable bonds is 7. The summed E-state index contributed by atoms with van der Waals surface area (Å²) in [5.41, 5.74) is -0.499. The van der Waals surface area contributed by atoms with Crippen LogP contribution in [0.25, 0.3) is 11.3 Å². The number of aromatic hydroxyl groups is 1. The Labute approximate surface area is 222 Å². The van der Waals surface area contributed by atoms with Gasteiger partial charge in [-0.3, -0.25) is 4.79 Å². The fraction of sp³-hybridized carbons (Fsp3) is 0.211. The van der Waals surface area contributed by atoms with Crippen LogP contribution in [0, 0.1) is 0 Å². The van der Waals surface area contributed by atoms with Crippen LogP contribution in [-0.4, -0.2) is 89.1 Å². The monoisotopic (exact) mass is 479 g/mol. The summed E-state index contributed by atoms with van der Waals surface area (Å²) in [7, 11) is 0. The molecule has 0 fully saturated rings. The van der Waals surface area contributed by atoms with Crippen LogP contribution >= 0.6 is 11.6 Å². The quantitative estimate of drug-likeness (QED) is 0.447. The van der Waals surface area contributed by atoms with E-state index in [2.05, 4.69) is 5.16 Å². The second kappa shape index (κ2) is 10.2. The molecule has 2 heterocycles. The number of carboxylic acids is 1. The number of hydrogen-bond acceptors (Lipinski definition) is 5. The van der Waals surface area contributed by atoms with Crippen molar-refractivity contribution in [2.45, 2.75) is 25.8 Å². The van der Waals surface area contributed by atoms with Gasteiger partial charge >= 0.3 is 63.3 Å². The van der Waals surface area contributed by atoms with E-state index < -0.39 is 24.2 Å². The summed E-state index contributed by atoms with van der Waals surface area (Å²) < 4.78 is 35.5. The molecule has 0 aliphatic carbocycles. The Balaban J connectivity index is 0.00000341. The first kappa shape index (κ1) is 25.5. The third-order valence-corrected chi connectivity index (χ3v) is 4.66. The molecule has 0 saturated heterocycles. The molecule has 0 saturated carbocycles. The predicted molar refractivity (Wildman–Crippen MR) is 110 cm³/mol. The van der Waals surface area contributed by atoms with Gasteiger partial charge in [-0.2, -0.15) is 8.78 Å². The van der Waals surface area contributed by atoms with Gasteiger partial charge in [-0.05, 0) is 31.2 Å². The number of aromatic nitrogens is 2. The van der Waals surface area contributed by atoms with Crippen molar-refractivity contribution < 1.29 is 33.1 Å². The van der Waals surface area contributed by atoms with E-state index in [1.165, 1.54) is 41.2 Å². The van der Waals surface area contributed by atoms with Crippen molar-refractivity contribution in [3.05, 3.63) is 52.9 Å². The van der Waals surface area contributed by atoms with Crippen LogP contribution in [-0.2, 0) is 17.8 Å². The molecule has 3 rings (SSSR count). The van der Waals surface area contributed by atoms with Crippen LogP contribution in [0.5, 0.6) is 5.75 Å². The molecule has 0 atom stereocenters. The summed E-state index contributed by atoms with van der Waals surface area (Å²) in [6.07, 6.45) is 1.33. The van der Waals surface area contributed by atoms with Crippen molar-refractivity contribution in [3.63, 3.8) is 0 Å². The average molecular weight is 480 g/mol. The molecule has 0 radical (unpaired) electrons. The molecule has 3 aromatic rings. The number of aryl methyl sites for hydroxylation is 1. The Hall–Kier alpha value is -1.76. The number of alkyl halides is 2. The number of phenolic OH excluding ortho intramolecular Hbond substituents is 1. The van der Waals surface area contributed by atoms with Crippen LogP contribution < -0.4 is 5.32 Å². The Morgan fingerprint density at radius 2 is 1.90 bits per heavy atom. The Kier molecular flexibility index (Phi) is 8.42. The molecule has 1 aromatic carbocycles. The zero-order valence-electron chi connectivity index (χ0n) is 15.5. The Bertz CT molecular complexity index is 1100. The van der Waals surface area contributed by atoms with Gasteiger partial charge in [0.1, 0.15) is 22.0 Å². The molecule has 160 valence electrons. The fourth-order valence-corrected chi connectivity index (χ4v) is 2.92. The first-order chi connectivity index (χ1) is 14.1. The summed E-state index contributed by atoms with van der Waals surface area (Å²) in [6.45, 7) is 2.12. The minimum absolute atomic E-state index is 0. The van der Waals surface area contributed by atoms with Gasteiger partial charge in [-0.1, -0.05) is 16.8 Å². The number of amides is 1.